The minimum atomic E-state index is -0.0486. The molecule has 7 heteroatoms. The maximum absolute atomic E-state index is 12.5. The number of anilines is 2. The van der Waals surface area contributed by atoms with Gasteiger partial charge in [-0.25, -0.2) is 9.67 Å². The van der Waals surface area contributed by atoms with E-state index in [9.17, 15) is 4.79 Å². The number of aromatic nitrogens is 4. The number of para-hydroxylation sites is 2. The van der Waals surface area contributed by atoms with E-state index in [1.165, 1.54) is 0 Å². The van der Waals surface area contributed by atoms with Gasteiger partial charge in [-0.3, -0.25) is 4.79 Å². The van der Waals surface area contributed by atoms with Crippen LogP contribution in [0.25, 0.3) is 11.0 Å². The Morgan fingerprint density at radius 2 is 1.86 bits per heavy atom. The van der Waals surface area contributed by atoms with Crippen molar-refractivity contribution in [2.45, 2.75) is 19.5 Å². The van der Waals surface area contributed by atoms with Crippen LogP contribution in [0.5, 0.6) is 0 Å². The molecule has 1 N–H and O–H groups in total. The monoisotopic (exact) mass is 388 g/mol. The summed E-state index contributed by atoms with van der Waals surface area (Å²) in [5.41, 5.74) is 4.24. The third-order valence-electron chi connectivity index (χ3n) is 4.88. The van der Waals surface area contributed by atoms with Gasteiger partial charge < -0.3 is 14.8 Å². The van der Waals surface area contributed by atoms with Crippen molar-refractivity contribution >= 4 is 28.4 Å². The van der Waals surface area contributed by atoms with Crippen LogP contribution in [0, 0.1) is 0 Å². The molecule has 0 spiro atoms. The Labute approximate surface area is 169 Å². The van der Waals surface area contributed by atoms with Gasteiger partial charge in [-0.2, -0.15) is 5.10 Å². The van der Waals surface area contributed by atoms with Crippen LogP contribution < -0.4 is 10.2 Å². The standard InChI is InChI=1S/C22H24N6O/c1-26(2)18-9-7-17(8-10-18)15-28-21(11-13-24-28)25-22(29)12-14-27-16-23-19-5-3-4-6-20(19)27/h3-11,13,16H,12,14-15H2,1-2H3,(H,25,29). The number of imidazole rings is 1. The minimum absolute atomic E-state index is 0.0486. The number of carbonyl (C=O) groups excluding carboxylic acids is 1. The number of carbonyl (C=O) groups is 1. The highest BCUT2D eigenvalue weighted by Crippen LogP contribution is 2.16. The van der Waals surface area contributed by atoms with Gasteiger partial charge in [-0.15, -0.1) is 0 Å². The van der Waals surface area contributed by atoms with Crippen molar-refractivity contribution in [2.75, 3.05) is 24.3 Å². The molecule has 2 aromatic carbocycles. The molecular formula is C22H24N6O. The number of benzene rings is 2. The largest absolute Gasteiger partial charge is 0.378 e. The molecule has 0 bridgehead atoms. The summed E-state index contributed by atoms with van der Waals surface area (Å²) in [6, 6.07) is 18.0. The normalized spacial score (nSPS) is 11.0. The number of aryl methyl sites for hydroxylation is 1. The molecule has 148 valence electrons. The molecule has 0 radical (unpaired) electrons. The maximum atomic E-state index is 12.5. The summed E-state index contributed by atoms with van der Waals surface area (Å²) < 4.78 is 3.80. The van der Waals surface area contributed by atoms with Crippen molar-refractivity contribution < 1.29 is 4.79 Å². The molecule has 0 unspecified atom stereocenters. The lowest BCUT2D eigenvalue weighted by atomic mass is 10.2. The lowest BCUT2D eigenvalue weighted by molar-refractivity contribution is -0.116. The highest BCUT2D eigenvalue weighted by atomic mass is 16.1. The predicted octanol–water partition coefficient (Wildman–Crippen LogP) is 3.38. The summed E-state index contributed by atoms with van der Waals surface area (Å²) in [4.78, 5) is 18.9. The van der Waals surface area contributed by atoms with E-state index in [0.29, 0.717) is 25.3 Å². The zero-order valence-electron chi connectivity index (χ0n) is 16.6. The Bertz CT molecular complexity index is 1110. The van der Waals surface area contributed by atoms with E-state index in [0.717, 1.165) is 22.3 Å². The van der Waals surface area contributed by atoms with Gasteiger partial charge >= 0.3 is 0 Å². The summed E-state index contributed by atoms with van der Waals surface area (Å²) in [6.07, 6.45) is 3.84. The third kappa shape index (κ3) is 4.29. The van der Waals surface area contributed by atoms with Crippen molar-refractivity contribution in [3.63, 3.8) is 0 Å². The van der Waals surface area contributed by atoms with Crippen molar-refractivity contribution in [1.29, 1.82) is 0 Å². The SMILES string of the molecule is CN(C)c1ccc(Cn2nccc2NC(=O)CCn2cnc3ccccc32)cc1. The molecule has 4 aromatic rings. The Kier molecular flexibility index (Phi) is 5.29. The average Bonchev–Trinajstić information content (AvgIpc) is 3.33. The second kappa shape index (κ2) is 8.18. The first-order chi connectivity index (χ1) is 14.1. The van der Waals surface area contributed by atoms with Gasteiger partial charge in [0.2, 0.25) is 5.91 Å². The smallest absolute Gasteiger partial charge is 0.227 e. The molecule has 0 saturated carbocycles. The van der Waals surface area contributed by atoms with E-state index >= 15 is 0 Å². The quantitative estimate of drug-likeness (QED) is 0.527. The van der Waals surface area contributed by atoms with Crippen LogP contribution in [0.1, 0.15) is 12.0 Å². The van der Waals surface area contributed by atoms with E-state index < -0.39 is 0 Å². The second-order valence-electron chi connectivity index (χ2n) is 7.16. The zero-order chi connectivity index (χ0) is 20.2. The zero-order valence-corrected chi connectivity index (χ0v) is 16.6. The molecule has 0 aliphatic rings. The van der Waals surface area contributed by atoms with E-state index in [2.05, 4.69) is 44.6 Å². The molecule has 0 atom stereocenters. The fraction of sp³-hybridized carbons (Fsp3) is 0.227. The van der Waals surface area contributed by atoms with Gasteiger partial charge in [-0.05, 0) is 29.8 Å². The number of hydrogen-bond donors (Lipinski definition) is 1. The molecule has 4 rings (SSSR count). The van der Waals surface area contributed by atoms with Crippen LogP contribution in [-0.4, -0.2) is 39.3 Å². The van der Waals surface area contributed by atoms with Crippen LogP contribution in [0.4, 0.5) is 11.5 Å². The Morgan fingerprint density at radius 1 is 1.07 bits per heavy atom. The van der Waals surface area contributed by atoms with Gasteiger partial charge in [0.1, 0.15) is 5.82 Å². The molecular weight excluding hydrogens is 364 g/mol. The van der Waals surface area contributed by atoms with Gasteiger partial charge in [0.05, 0.1) is 30.1 Å². The third-order valence-corrected chi connectivity index (χ3v) is 4.88. The van der Waals surface area contributed by atoms with E-state index in [1.807, 2.05) is 49.0 Å². The van der Waals surface area contributed by atoms with Crippen molar-refractivity contribution in [3.8, 4) is 0 Å². The minimum Gasteiger partial charge on any atom is -0.378 e. The number of nitrogens with one attached hydrogen (secondary N) is 1. The Hall–Kier alpha value is -3.61. The molecule has 1 amide bonds. The summed E-state index contributed by atoms with van der Waals surface area (Å²) in [5.74, 6) is 0.648. The number of nitrogens with zero attached hydrogens (tertiary/aromatic N) is 5. The molecule has 0 aliphatic heterocycles. The van der Waals surface area contributed by atoms with Crippen molar-refractivity contribution in [2.24, 2.45) is 0 Å². The molecule has 2 heterocycles. The highest BCUT2D eigenvalue weighted by molar-refractivity contribution is 5.89. The summed E-state index contributed by atoms with van der Waals surface area (Å²) in [7, 11) is 4.03. The Morgan fingerprint density at radius 3 is 2.66 bits per heavy atom. The van der Waals surface area contributed by atoms with Gasteiger partial charge in [0.15, 0.2) is 0 Å². The lowest BCUT2D eigenvalue weighted by Crippen LogP contribution is -2.17. The second-order valence-corrected chi connectivity index (χ2v) is 7.16. The van der Waals surface area contributed by atoms with Crippen LogP contribution in [0.2, 0.25) is 0 Å². The van der Waals surface area contributed by atoms with Crippen LogP contribution >= 0.6 is 0 Å². The summed E-state index contributed by atoms with van der Waals surface area (Å²) in [5, 5.41) is 7.32. The number of fused-ring (bicyclic) bond motifs is 1. The first-order valence-electron chi connectivity index (χ1n) is 9.58. The highest BCUT2D eigenvalue weighted by Gasteiger charge is 2.09. The van der Waals surface area contributed by atoms with Gasteiger partial charge in [-0.1, -0.05) is 24.3 Å². The molecule has 7 nitrogen and oxygen atoms in total. The van der Waals surface area contributed by atoms with E-state index in [-0.39, 0.29) is 5.91 Å². The van der Waals surface area contributed by atoms with Crippen LogP contribution in [-0.2, 0) is 17.9 Å². The number of hydrogen-bond acceptors (Lipinski definition) is 4. The number of amides is 1. The van der Waals surface area contributed by atoms with E-state index in [4.69, 9.17) is 0 Å². The Balaban J connectivity index is 1.37. The van der Waals surface area contributed by atoms with Crippen LogP contribution in [0.3, 0.4) is 0 Å². The first-order valence-corrected chi connectivity index (χ1v) is 9.58. The lowest BCUT2D eigenvalue weighted by Gasteiger charge is -2.13. The summed E-state index contributed by atoms with van der Waals surface area (Å²) in [6.45, 7) is 1.18. The predicted molar refractivity (Wildman–Crippen MR) is 115 cm³/mol. The fourth-order valence-corrected chi connectivity index (χ4v) is 3.25. The van der Waals surface area contributed by atoms with Gasteiger partial charge in [0, 0.05) is 38.8 Å². The number of rotatable bonds is 7. The maximum Gasteiger partial charge on any atom is 0.227 e. The molecule has 0 fully saturated rings. The summed E-state index contributed by atoms with van der Waals surface area (Å²) >= 11 is 0. The molecule has 0 saturated heterocycles. The molecule has 2 aromatic heterocycles. The van der Waals surface area contributed by atoms with Crippen molar-refractivity contribution in [3.05, 3.63) is 72.7 Å². The fourth-order valence-electron chi connectivity index (χ4n) is 3.25. The van der Waals surface area contributed by atoms with Gasteiger partial charge in [0.25, 0.3) is 0 Å². The molecule has 29 heavy (non-hydrogen) atoms. The van der Waals surface area contributed by atoms with Crippen LogP contribution in [0.15, 0.2) is 67.1 Å². The average molecular weight is 388 g/mol. The molecule has 0 aliphatic carbocycles. The topological polar surface area (TPSA) is 68.0 Å². The first kappa shape index (κ1) is 18.7. The van der Waals surface area contributed by atoms with E-state index in [1.54, 1.807) is 17.2 Å². The van der Waals surface area contributed by atoms with Crippen molar-refractivity contribution in [1.82, 2.24) is 19.3 Å².